The maximum absolute atomic E-state index is 4.91. The monoisotopic (exact) mass is 376 g/mol. The Balaban J connectivity index is 1.79. The molecule has 1 aliphatic heterocycles. The predicted molar refractivity (Wildman–Crippen MR) is 118 cm³/mol. The maximum atomic E-state index is 4.91. The zero-order chi connectivity index (χ0) is 18.5. The topological polar surface area (TPSA) is 16.1 Å². The number of fused-ring (bicyclic) bond motifs is 4. The van der Waals surface area contributed by atoms with Gasteiger partial charge in [-0.1, -0.05) is 72.4 Å². The van der Waals surface area contributed by atoms with Crippen molar-refractivity contribution < 1.29 is 0 Å². The van der Waals surface area contributed by atoms with E-state index in [4.69, 9.17) is 4.98 Å². The quantitative estimate of drug-likeness (QED) is 0.280. The van der Waals surface area contributed by atoms with E-state index in [-0.39, 0.29) is 0 Å². The summed E-state index contributed by atoms with van der Waals surface area (Å²) in [4.78, 5) is 9.86. The third-order valence-corrected chi connectivity index (χ3v) is 6.35. The van der Waals surface area contributed by atoms with Gasteiger partial charge in [0.1, 0.15) is 0 Å². The minimum Gasteiger partial charge on any atom is -0.307 e. The zero-order valence-electron chi connectivity index (χ0n) is 15.0. The molecule has 0 N–H and O–H groups in total. The number of benzene rings is 4. The first kappa shape index (κ1) is 15.7. The first-order valence-corrected chi connectivity index (χ1v) is 10.2. The molecule has 0 spiro atoms. The third-order valence-electron chi connectivity index (χ3n) is 5.22. The Morgan fingerprint density at radius 1 is 0.536 bits per heavy atom. The van der Waals surface area contributed by atoms with Crippen LogP contribution in [0, 0.1) is 0 Å². The van der Waals surface area contributed by atoms with Crippen LogP contribution in [-0.2, 0) is 0 Å². The van der Waals surface area contributed by atoms with E-state index < -0.39 is 0 Å². The Labute approximate surface area is 167 Å². The second-order valence-electron chi connectivity index (χ2n) is 6.87. The van der Waals surface area contributed by atoms with Crippen molar-refractivity contribution in [1.29, 1.82) is 0 Å². The Hall–Kier alpha value is -3.30. The summed E-state index contributed by atoms with van der Waals surface area (Å²) in [5.41, 5.74) is 5.66. The Kier molecular flexibility index (Phi) is 3.43. The molecule has 6 rings (SSSR count). The molecule has 132 valence electrons. The molecule has 2 heterocycles. The summed E-state index contributed by atoms with van der Waals surface area (Å²) in [7, 11) is 0. The molecule has 0 saturated heterocycles. The average molecular weight is 376 g/mol. The molecule has 0 bridgehead atoms. The second kappa shape index (κ2) is 6.11. The molecule has 0 unspecified atom stereocenters. The fourth-order valence-electron chi connectivity index (χ4n) is 4.00. The highest BCUT2D eigenvalue weighted by atomic mass is 32.2. The molecule has 0 aliphatic carbocycles. The van der Waals surface area contributed by atoms with Gasteiger partial charge < -0.3 is 4.90 Å². The van der Waals surface area contributed by atoms with Crippen LogP contribution >= 0.6 is 11.8 Å². The normalized spacial score (nSPS) is 12.8. The van der Waals surface area contributed by atoms with Crippen molar-refractivity contribution >= 4 is 50.6 Å². The first-order valence-electron chi connectivity index (χ1n) is 9.34. The maximum Gasteiger partial charge on any atom is 0.0730 e. The Bertz CT molecular complexity index is 1260. The molecule has 0 saturated carbocycles. The summed E-state index contributed by atoms with van der Waals surface area (Å²) in [5.74, 6) is 0. The fraction of sp³-hybridized carbons (Fsp3) is 0. The summed E-state index contributed by atoms with van der Waals surface area (Å²) in [6.07, 6.45) is 0. The largest absolute Gasteiger partial charge is 0.307 e. The van der Waals surface area contributed by atoms with Gasteiger partial charge in [-0.25, -0.2) is 4.98 Å². The first-order chi connectivity index (χ1) is 13.9. The lowest BCUT2D eigenvalue weighted by Crippen LogP contribution is -2.15. The van der Waals surface area contributed by atoms with Crippen LogP contribution in [0.25, 0.3) is 21.8 Å². The number of pyridine rings is 1. The van der Waals surface area contributed by atoms with Crippen LogP contribution in [-0.4, -0.2) is 4.98 Å². The molecule has 0 fully saturated rings. The van der Waals surface area contributed by atoms with E-state index in [1.54, 1.807) is 0 Å². The van der Waals surface area contributed by atoms with E-state index in [0.29, 0.717) is 0 Å². The van der Waals surface area contributed by atoms with Crippen LogP contribution in [0.5, 0.6) is 0 Å². The number of hydrogen-bond donors (Lipinski definition) is 0. The molecule has 0 atom stereocenters. The molecule has 0 radical (unpaired) electrons. The van der Waals surface area contributed by atoms with Crippen molar-refractivity contribution in [1.82, 2.24) is 4.98 Å². The Morgan fingerprint density at radius 2 is 1.00 bits per heavy atom. The van der Waals surface area contributed by atoms with Crippen molar-refractivity contribution in [3.8, 4) is 0 Å². The van der Waals surface area contributed by atoms with Gasteiger partial charge in [0.05, 0.1) is 28.1 Å². The van der Waals surface area contributed by atoms with E-state index in [1.807, 2.05) is 11.8 Å². The summed E-state index contributed by atoms with van der Waals surface area (Å²) in [5, 5.41) is 2.33. The molecule has 3 heteroatoms. The van der Waals surface area contributed by atoms with Crippen LogP contribution in [0.15, 0.2) is 107 Å². The van der Waals surface area contributed by atoms with Crippen molar-refractivity contribution in [3.63, 3.8) is 0 Å². The minimum absolute atomic E-state index is 1.02. The van der Waals surface area contributed by atoms with Crippen LogP contribution in [0.2, 0.25) is 0 Å². The fourth-order valence-corrected chi connectivity index (χ4v) is 5.06. The van der Waals surface area contributed by atoms with E-state index in [0.717, 1.165) is 21.8 Å². The molecular weight excluding hydrogens is 360 g/mol. The van der Waals surface area contributed by atoms with E-state index in [1.165, 1.54) is 26.9 Å². The van der Waals surface area contributed by atoms with Gasteiger partial charge in [0.25, 0.3) is 0 Å². The summed E-state index contributed by atoms with van der Waals surface area (Å²) >= 11 is 1.83. The highest BCUT2D eigenvalue weighted by Crippen LogP contribution is 2.53. The number of para-hydroxylation sites is 4. The van der Waals surface area contributed by atoms with Crippen LogP contribution in [0.1, 0.15) is 0 Å². The van der Waals surface area contributed by atoms with Crippen molar-refractivity contribution in [2.24, 2.45) is 0 Å². The predicted octanol–water partition coefficient (Wildman–Crippen LogP) is 7.32. The molecule has 4 aromatic carbocycles. The third kappa shape index (κ3) is 2.26. The lowest BCUT2D eigenvalue weighted by molar-refractivity contribution is 1.18. The molecule has 28 heavy (non-hydrogen) atoms. The smallest absolute Gasteiger partial charge is 0.0730 e. The van der Waals surface area contributed by atoms with Gasteiger partial charge in [0, 0.05) is 20.6 Å². The van der Waals surface area contributed by atoms with E-state index in [9.17, 15) is 0 Å². The van der Waals surface area contributed by atoms with Gasteiger partial charge in [0.2, 0.25) is 0 Å². The van der Waals surface area contributed by atoms with Crippen LogP contribution in [0.3, 0.4) is 0 Å². The van der Waals surface area contributed by atoms with E-state index >= 15 is 0 Å². The number of nitrogens with zero attached hydrogens (tertiary/aromatic N) is 2. The molecule has 0 amide bonds. The summed E-state index contributed by atoms with van der Waals surface area (Å²) in [6, 6.07) is 34.1. The molecule has 1 aromatic heterocycles. The zero-order valence-corrected chi connectivity index (χ0v) is 15.9. The average Bonchev–Trinajstić information content (AvgIpc) is 2.76. The summed E-state index contributed by atoms with van der Waals surface area (Å²) < 4.78 is 0. The number of hydrogen-bond acceptors (Lipinski definition) is 3. The van der Waals surface area contributed by atoms with Gasteiger partial charge in [-0.05, 0) is 36.4 Å². The molecule has 5 aromatic rings. The van der Waals surface area contributed by atoms with Crippen molar-refractivity contribution in [3.05, 3.63) is 97.1 Å². The molecule has 1 aliphatic rings. The van der Waals surface area contributed by atoms with Gasteiger partial charge in [-0.2, -0.15) is 0 Å². The minimum atomic E-state index is 1.02. The molecular formula is C25H16N2S. The van der Waals surface area contributed by atoms with Crippen LogP contribution in [0.4, 0.5) is 17.1 Å². The molecule has 2 nitrogen and oxygen atoms in total. The standard InChI is InChI=1S/C25H16N2S/c1-3-11-19-17(9-1)25(18-10-2-4-12-20(18)26-19)27-21-13-5-7-15-23(21)28-24-16-8-6-14-22(24)27/h1-16H. The van der Waals surface area contributed by atoms with Gasteiger partial charge >= 0.3 is 0 Å². The number of aromatic nitrogens is 1. The SMILES string of the molecule is c1ccc2c(c1)Sc1ccccc1N2c1c2ccccc2nc2ccccc12. The van der Waals surface area contributed by atoms with E-state index in [2.05, 4.69) is 102 Å². The lowest BCUT2D eigenvalue weighted by Gasteiger charge is -2.34. The number of rotatable bonds is 1. The Morgan fingerprint density at radius 3 is 1.57 bits per heavy atom. The number of anilines is 3. The van der Waals surface area contributed by atoms with Crippen LogP contribution < -0.4 is 4.90 Å². The van der Waals surface area contributed by atoms with Crippen molar-refractivity contribution in [2.75, 3.05) is 4.90 Å². The second-order valence-corrected chi connectivity index (χ2v) is 7.95. The van der Waals surface area contributed by atoms with Crippen molar-refractivity contribution in [2.45, 2.75) is 9.79 Å². The van der Waals surface area contributed by atoms with Gasteiger partial charge in [-0.3, -0.25) is 0 Å². The summed E-state index contributed by atoms with van der Waals surface area (Å²) in [6.45, 7) is 0. The highest BCUT2D eigenvalue weighted by Gasteiger charge is 2.27. The highest BCUT2D eigenvalue weighted by molar-refractivity contribution is 7.99. The lowest BCUT2D eigenvalue weighted by atomic mass is 10.0. The van der Waals surface area contributed by atoms with Gasteiger partial charge in [0.15, 0.2) is 0 Å². The van der Waals surface area contributed by atoms with Gasteiger partial charge in [-0.15, -0.1) is 0 Å².